The van der Waals surface area contributed by atoms with Crippen LogP contribution in [0.25, 0.3) is 0 Å². The van der Waals surface area contributed by atoms with Gasteiger partial charge in [-0.25, -0.2) is 0 Å². The van der Waals surface area contributed by atoms with Crippen LogP contribution >= 0.6 is 0 Å². The van der Waals surface area contributed by atoms with E-state index in [9.17, 15) is 4.79 Å². The third-order valence-electron chi connectivity index (χ3n) is 3.61. The van der Waals surface area contributed by atoms with Gasteiger partial charge >= 0.3 is 5.97 Å². The van der Waals surface area contributed by atoms with Gasteiger partial charge in [-0.2, -0.15) is 0 Å². The van der Waals surface area contributed by atoms with Crippen molar-refractivity contribution in [2.45, 2.75) is 76.7 Å². The van der Waals surface area contributed by atoms with Crippen molar-refractivity contribution in [3.05, 3.63) is 0 Å². The van der Waals surface area contributed by atoms with Crippen LogP contribution in [0, 0.1) is 0 Å². The molecule has 0 atom stereocenters. The second-order valence-electron chi connectivity index (χ2n) is 5.20. The lowest BCUT2D eigenvalue weighted by Crippen LogP contribution is -2.29. The molecule has 0 heterocycles. The van der Waals surface area contributed by atoms with Crippen molar-refractivity contribution < 1.29 is 9.90 Å². The van der Waals surface area contributed by atoms with Gasteiger partial charge in [0.2, 0.25) is 0 Å². The number of carboxylic acid groups (broad SMARTS) is 1. The summed E-state index contributed by atoms with van der Waals surface area (Å²) >= 11 is 0. The maximum atomic E-state index is 10.3. The summed E-state index contributed by atoms with van der Waals surface area (Å²) in [5.74, 6) is -0.665. The molecule has 1 fully saturated rings. The molecule has 3 nitrogen and oxygen atoms in total. The number of carbonyl (C=O) groups is 1. The maximum absolute atomic E-state index is 10.3. The fourth-order valence-corrected chi connectivity index (χ4v) is 2.54. The lowest BCUT2D eigenvalue weighted by atomic mass is 10.1. The van der Waals surface area contributed by atoms with E-state index in [0.29, 0.717) is 6.42 Å². The topological polar surface area (TPSA) is 49.3 Å². The molecule has 1 saturated carbocycles. The third-order valence-corrected chi connectivity index (χ3v) is 3.61. The first-order chi connectivity index (χ1) is 8.29. The second-order valence-corrected chi connectivity index (χ2v) is 5.20. The highest BCUT2D eigenvalue weighted by Crippen LogP contribution is 2.17. The molecular weight excluding hydrogens is 214 g/mol. The van der Waals surface area contributed by atoms with Crippen molar-refractivity contribution in [1.29, 1.82) is 0 Å². The zero-order valence-electron chi connectivity index (χ0n) is 10.9. The van der Waals surface area contributed by atoms with Crippen molar-refractivity contribution in [1.82, 2.24) is 5.32 Å². The Morgan fingerprint density at radius 1 is 1.00 bits per heavy atom. The van der Waals surface area contributed by atoms with E-state index in [1.165, 1.54) is 44.9 Å². The number of nitrogens with one attached hydrogen (secondary N) is 1. The van der Waals surface area contributed by atoms with Gasteiger partial charge in [0.05, 0.1) is 0 Å². The van der Waals surface area contributed by atoms with E-state index in [1.807, 2.05) is 0 Å². The zero-order valence-corrected chi connectivity index (χ0v) is 10.9. The molecule has 0 spiro atoms. The SMILES string of the molecule is O=C(O)CCCCCCNC1CCCCCC1. The van der Waals surface area contributed by atoms with Gasteiger partial charge in [-0.15, -0.1) is 0 Å². The van der Waals surface area contributed by atoms with E-state index in [0.717, 1.165) is 31.8 Å². The Morgan fingerprint density at radius 2 is 1.65 bits per heavy atom. The van der Waals surface area contributed by atoms with Crippen LogP contribution in [0.3, 0.4) is 0 Å². The summed E-state index contributed by atoms with van der Waals surface area (Å²) in [5, 5.41) is 12.1. The summed E-state index contributed by atoms with van der Waals surface area (Å²) in [4.78, 5) is 10.3. The van der Waals surface area contributed by atoms with Gasteiger partial charge in [-0.05, 0) is 32.2 Å². The molecule has 3 heteroatoms. The standard InChI is InChI=1S/C14H27NO2/c16-14(17)11-7-3-4-8-12-15-13-9-5-1-2-6-10-13/h13,15H,1-12H2,(H,16,17). The van der Waals surface area contributed by atoms with Gasteiger partial charge < -0.3 is 10.4 Å². The first-order valence-electron chi connectivity index (χ1n) is 7.24. The zero-order chi connectivity index (χ0) is 12.3. The minimum Gasteiger partial charge on any atom is -0.481 e. The van der Waals surface area contributed by atoms with Crippen molar-refractivity contribution in [3.63, 3.8) is 0 Å². The summed E-state index contributed by atoms with van der Waals surface area (Å²) in [6.45, 7) is 1.11. The van der Waals surface area contributed by atoms with Gasteiger partial charge in [0.25, 0.3) is 0 Å². The fourth-order valence-electron chi connectivity index (χ4n) is 2.54. The highest BCUT2D eigenvalue weighted by atomic mass is 16.4. The van der Waals surface area contributed by atoms with Crippen LogP contribution in [-0.2, 0) is 4.79 Å². The number of rotatable bonds is 8. The smallest absolute Gasteiger partial charge is 0.303 e. The summed E-state index contributed by atoms with van der Waals surface area (Å²) in [6, 6.07) is 0.747. The molecule has 1 aliphatic carbocycles. The predicted molar refractivity (Wildman–Crippen MR) is 70.2 cm³/mol. The largest absolute Gasteiger partial charge is 0.481 e. The van der Waals surface area contributed by atoms with Crippen LogP contribution in [0.15, 0.2) is 0 Å². The Bertz CT molecular complexity index is 198. The van der Waals surface area contributed by atoms with Gasteiger partial charge in [-0.3, -0.25) is 4.79 Å². The van der Waals surface area contributed by atoms with Crippen molar-refractivity contribution in [2.75, 3.05) is 6.54 Å². The minimum atomic E-state index is -0.665. The molecule has 2 N–H and O–H groups in total. The van der Waals surface area contributed by atoms with Crippen LogP contribution in [0.5, 0.6) is 0 Å². The molecule has 0 saturated heterocycles. The Labute approximate surface area is 105 Å². The molecule has 0 aromatic carbocycles. The summed E-state index contributed by atoms with van der Waals surface area (Å²) in [5.41, 5.74) is 0. The molecule has 100 valence electrons. The van der Waals surface area contributed by atoms with Gasteiger partial charge in [-0.1, -0.05) is 38.5 Å². The normalized spacial score (nSPS) is 17.9. The predicted octanol–water partition coefficient (Wildman–Crippen LogP) is 3.33. The molecular formula is C14H27NO2. The van der Waals surface area contributed by atoms with Crippen LogP contribution in [0.2, 0.25) is 0 Å². The average molecular weight is 241 g/mol. The summed E-state index contributed by atoms with van der Waals surface area (Å²) < 4.78 is 0. The molecule has 0 aromatic heterocycles. The quantitative estimate of drug-likeness (QED) is 0.506. The highest BCUT2D eigenvalue weighted by molar-refractivity contribution is 5.66. The van der Waals surface area contributed by atoms with E-state index >= 15 is 0 Å². The van der Waals surface area contributed by atoms with Crippen LogP contribution in [-0.4, -0.2) is 23.7 Å². The molecule has 0 aliphatic heterocycles. The van der Waals surface area contributed by atoms with E-state index in [-0.39, 0.29) is 0 Å². The monoisotopic (exact) mass is 241 g/mol. The minimum absolute atomic E-state index is 0.329. The lowest BCUT2D eigenvalue weighted by Gasteiger charge is -2.15. The molecule has 17 heavy (non-hydrogen) atoms. The summed E-state index contributed by atoms with van der Waals surface area (Å²) in [6.07, 6.45) is 12.8. The first-order valence-corrected chi connectivity index (χ1v) is 7.24. The number of hydrogen-bond acceptors (Lipinski definition) is 2. The Hall–Kier alpha value is -0.570. The fraction of sp³-hybridized carbons (Fsp3) is 0.929. The van der Waals surface area contributed by atoms with Crippen molar-refractivity contribution >= 4 is 5.97 Å². The number of carboxylic acids is 1. The third kappa shape index (κ3) is 8.19. The van der Waals surface area contributed by atoms with Crippen LogP contribution in [0.4, 0.5) is 0 Å². The number of aliphatic carboxylic acids is 1. The van der Waals surface area contributed by atoms with Crippen molar-refractivity contribution in [2.24, 2.45) is 0 Å². The van der Waals surface area contributed by atoms with E-state index in [4.69, 9.17) is 5.11 Å². The number of hydrogen-bond donors (Lipinski definition) is 2. The van der Waals surface area contributed by atoms with E-state index < -0.39 is 5.97 Å². The Balaban J connectivity index is 1.87. The van der Waals surface area contributed by atoms with Gasteiger partial charge in [0, 0.05) is 12.5 Å². The second kappa shape index (κ2) is 9.46. The molecule has 0 bridgehead atoms. The molecule has 0 radical (unpaired) electrons. The maximum Gasteiger partial charge on any atom is 0.303 e. The lowest BCUT2D eigenvalue weighted by molar-refractivity contribution is -0.137. The summed E-state index contributed by atoms with van der Waals surface area (Å²) in [7, 11) is 0. The van der Waals surface area contributed by atoms with Crippen LogP contribution < -0.4 is 5.32 Å². The molecule has 0 amide bonds. The Kier molecular flexibility index (Phi) is 8.06. The van der Waals surface area contributed by atoms with Crippen LogP contribution in [0.1, 0.15) is 70.6 Å². The molecule has 0 unspecified atom stereocenters. The van der Waals surface area contributed by atoms with E-state index in [2.05, 4.69) is 5.32 Å². The molecule has 0 aromatic rings. The molecule has 1 aliphatic rings. The van der Waals surface area contributed by atoms with Gasteiger partial charge in [0.1, 0.15) is 0 Å². The molecule has 1 rings (SSSR count). The highest BCUT2D eigenvalue weighted by Gasteiger charge is 2.10. The van der Waals surface area contributed by atoms with Gasteiger partial charge in [0.15, 0.2) is 0 Å². The Morgan fingerprint density at radius 3 is 2.29 bits per heavy atom. The first kappa shape index (κ1) is 14.5. The van der Waals surface area contributed by atoms with E-state index in [1.54, 1.807) is 0 Å². The average Bonchev–Trinajstić information content (AvgIpc) is 2.56. The van der Waals surface area contributed by atoms with Crippen molar-refractivity contribution in [3.8, 4) is 0 Å². The number of unbranched alkanes of at least 4 members (excludes halogenated alkanes) is 3.